The normalized spacial score (nSPS) is 14.3. The molecule has 0 saturated carbocycles. The van der Waals surface area contributed by atoms with E-state index in [1.807, 2.05) is 26.0 Å². The Balaban J connectivity index is 1.49. The van der Waals surface area contributed by atoms with E-state index in [4.69, 9.17) is 9.47 Å². The van der Waals surface area contributed by atoms with Gasteiger partial charge in [0.05, 0.1) is 12.1 Å². The molecule has 9 heteroatoms. The number of pyridine rings is 1. The summed E-state index contributed by atoms with van der Waals surface area (Å²) in [6.45, 7) is 9.20. The predicted molar refractivity (Wildman–Crippen MR) is 154 cm³/mol. The van der Waals surface area contributed by atoms with Crippen molar-refractivity contribution in [3.63, 3.8) is 0 Å². The van der Waals surface area contributed by atoms with Crippen molar-refractivity contribution in [3.05, 3.63) is 54.0 Å². The summed E-state index contributed by atoms with van der Waals surface area (Å²) in [5.74, 6) is -0.257. The molecule has 0 bridgehead atoms. The van der Waals surface area contributed by atoms with E-state index in [0.29, 0.717) is 30.3 Å². The fourth-order valence-corrected chi connectivity index (χ4v) is 4.66. The third-order valence-electron chi connectivity index (χ3n) is 7.00. The monoisotopic (exact) mass is 550 g/mol. The number of rotatable bonds is 10. The average Bonchev–Trinajstić information content (AvgIpc) is 2.93. The molecule has 2 N–H and O–H groups in total. The second kappa shape index (κ2) is 13.6. The molecule has 2 heterocycles. The minimum absolute atomic E-state index is 0.00519. The zero-order valence-corrected chi connectivity index (χ0v) is 23.8. The van der Waals surface area contributed by atoms with Crippen LogP contribution in [-0.4, -0.2) is 55.0 Å². The standard InChI is InChI=1S/C31H39FN4O4/c1-5-6-22-15-24-26(17-29(22)39-19-21-10-13-36(4)14-11-21)33-12-9-27(24)40-28-8-7-23(16-25(28)32)35-31(38)30(37)34-18-20(2)3/h7-9,12,15-17,20-21H,5-6,10-11,13-14,18-19H2,1-4H3,(H,34,37)(H,35,38). The molecule has 214 valence electrons. The van der Waals surface area contributed by atoms with E-state index in [0.717, 1.165) is 61.5 Å². The zero-order chi connectivity index (χ0) is 28.6. The molecular weight excluding hydrogens is 511 g/mol. The molecular formula is C31H39FN4O4. The van der Waals surface area contributed by atoms with Crippen molar-refractivity contribution in [2.45, 2.75) is 46.5 Å². The van der Waals surface area contributed by atoms with Crippen LogP contribution in [0.15, 0.2) is 42.6 Å². The lowest BCUT2D eigenvalue weighted by molar-refractivity contribution is -0.136. The molecule has 8 nitrogen and oxygen atoms in total. The van der Waals surface area contributed by atoms with Crippen LogP contribution in [0.25, 0.3) is 10.9 Å². The number of ether oxygens (including phenoxy) is 2. The van der Waals surface area contributed by atoms with Crippen molar-refractivity contribution >= 4 is 28.4 Å². The summed E-state index contributed by atoms with van der Waals surface area (Å²) in [4.78, 5) is 30.9. The SMILES string of the molecule is CCCc1cc2c(Oc3ccc(NC(=O)C(=O)NCC(C)C)cc3F)ccnc2cc1OCC1CCN(C)CC1. The first-order valence-corrected chi connectivity index (χ1v) is 14.0. The summed E-state index contributed by atoms with van der Waals surface area (Å²) < 4.78 is 27.3. The number of piperidine rings is 1. The van der Waals surface area contributed by atoms with Crippen molar-refractivity contribution in [2.75, 3.05) is 38.6 Å². The number of benzene rings is 2. The summed E-state index contributed by atoms with van der Waals surface area (Å²) in [5.41, 5.74) is 1.92. The number of halogens is 1. The Morgan fingerprint density at radius 3 is 2.55 bits per heavy atom. The van der Waals surface area contributed by atoms with Crippen molar-refractivity contribution < 1.29 is 23.5 Å². The maximum absolute atomic E-state index is 15.0. The Bertz CT molecular complexity index is 1340. The number of carbonyl (C=O) groups excluding carboxylic acids is 2. The Kier molecular flexibility index (Phi) is 9.93. The van der Waals surface area contributed by atoms with E-state index in [2.05, 4.69) is 34.5 Å². The van der Waals surface area contributed by atoms with E-state index >= 15 is 0 Å². The highest BCUT2D eigenvalue weighted by Gasteiger charge is 2.19. The van der Waals surface area contributed by atoms with E-state index in [1.165, 1.54) is 12.1 Å². The summed E-state index contributed by atoms with van der Waals surface area (Å²) in [6.07, 6.45) is 5.66. The molecule has 1 fully saturated rings. The Hall–Kier alpha value is -3.72. The molecule has 0 atom stereocenters. The van der Waals surface area contributed by atoms with Gasteiger partial charge >= 0.3 is 11.8 Å². The minimum atomic E-state index is -0.855. The van der Waals surface area contributed by atoms with Crippen LogP contribution in [0.1, 0.15) is 45.6 Å². The van der Waals surface area contributed by atoms with Crippen LogP contribution in [0.4, 0.5) is 10.1 Å². The number of hydrogen-bond acceptors (Lipinski definition) is 6. The molecule has 2 amide bonds. The van der Waals surface area contributed by atoms with Crippen LogP contribution in [0, 0.1) is 17.7 Å². The number of amides is 2. The van der Waals surface area contributed by atoms with Crippen molar-refractivity contribution in [3.8, 4) is 17.2 Å². The first-order chi connectivity index (χ1) is 19.2. The molecule has 0 spiro atoms. The minimum Gasteiger partial charge on any atom is -0.493 e. The third kappa shape index (κ3) is 7.69. The number of carbonyl (C=O) groups is 2. The van der Waals surface area contributed by atoms with E-state index in [9.17, 15) is 14.0 Å². The van der Waals surface area contributed by atoms with Crippen LogP contribution in [0.5, 0.6) is 17.2 Å². The fourth-order valence-electron chi connectivity index (χ4n) is 4.66. The quantitative estimate of drug-likeness (QED) is 0.322. The number of likely N-dealkylation sites (tertiary alicyclic amines) is 1. The van der Waals surface area contributed by atoms with E-state index in [1.54, 1.807) is 12.3 Å². The van der Waals surface area contributed by atoms with Crippen molar-refractivity contribution in [1.82, 2.24) is 15.2 Å². The van der Waals surface area contributed by atoms with Crippen molar-refractivity contribution in [2.24, 2.45) is 11.8 Å². The molecule has 1 saturated heterocycles. The summed E-state index contributed by atoms with van der Waals surface area (Å²) in [7, 11) is 2.15. The van der Waals surface area contributed by atoms with Gasteiger partial charge in [0.25, 0.3) is 0 Å². The molecule has 40 heavy (non-hydrogen) atoms. The van der Waals surface area contributed by atoms with Gasteiger partial charge in [0, 0.05) is 35.9 Å². The fraction of sp³-hybridized carbons (Fsp3) is 0.452. The Morgan fingerprint density at radius 2 is 1.85 bits per heavy atom. The molecule has 0 unspecified atom stereocenters. The second-order valence-corrected chi connectivity index (χ2v) is 10.9. The van der Waals surface area contributed by atoms with Gasteiger partial charge in [0.15, 0.2) is 11.6 Å². The first-order valence-electron chi connectivity index (χ1n) is 14.0. The highest BCUT2D eigenvalue weighted by atomic mass is 19.1. The number of anilines is 1. The number of fused-ring (bicyclic) bond motifs is 1. The molecule has 4 rings (SSSR count). The van der Waals surface area contributed by atoms with E-state index in [-0.39, 0.29) is 17.4 Å². The molecule has 1 aromatic heterocycles. The predicted octanol–water partition coefficient (Wildman–Crippen LogP) is 5.55. The number of aromatic nitrogens is 1. The lowest BCUT2D eigenvalue weighted by Crippen LogP contribution is -2.37. The van der Waals surface area contributed by atoms with Gasteiger partial charge in [-0.15, -0.1) is 0 Å². The van der Waals surface area contributed by atoms with Gasteiger partial charge in [0.1, 0.15) is 11.5 Å². The van der Waals surface area contributed by atoms with Gasteiger partial charge < -0.3 is 25.0 Å². The molecule has 1 aliphatic rings. The molecule has 2 aromatic carbocycles. The summed E-state index contributed by atoms with van der Waals surface area (Å²) in [5, 5.41) is 5.72. The summed E-state index contributed by atoms with van der Waals surface area (Å²) >= 11 is 0. The number of aryl methyl sites for hydroxylation is 1. The van der Waals surface area contributed by atoms with Crippen LogP contribution in [0.3, 0.4) is 0 Å². The Morgan fingerprint density at radius 1 is 1.07 bits per heavy atom. The number of hydrogen-bond donors (Lipinski definition) is 2. The molecule has 0 aliphatic carbocycles. The van der Waals surface area contributed by atoms with Gasteiger partial charge in [-0.2, -0.15) is 0 Å². The lowest BCUT2D eigenvalue weighted by Gasteiger charge is -2.29. The van der Waals surface area contributed by atoms with Crippen LogP contribution in [-0.2, 0) is 16.0 Å². The first kappa shape index (κ1) is 29.3. The van der Waals surface area contributed by atoms with Gasteiger partial charge in [-0.05, 0) is 81.1 Å². The van der Waals surface area contributed by atoms with Gasteiger partial charge in [-0.1, -0.05) is 27.2 Å². The van der Waals surface area contributed by atoms with Crippen LogP contribution >= 0.6 is 0 Å². The molecule has 3 aromatic rings. The van der Waals surface area contributed by atoms with Gasteiger partial charge in [-0.25, -0.2) is 4.39 Å². The summed E-state index contributed by atoms with van der Waals surface area (Å²) in [6, 6.07) is 9.71. The third-order valence-corrected chi connectivity index (χ3v) is 7.00. The molecule has 1 aliphatic heterocycles. The van der Waals surface area contributed by atoms with Gasteiger partial charge in [0.2, 0.25) is 0 Å². The Labute approximate surface area is 235 Å². The largest absolute Gasteiger partial charge is 0.493 e. The maximum atomic E-state index is 15.0. The highest BCUT2D eigenvalue weighted by Crippen LogP contribution is 2.35. The zero-order valence-electron chi connectivity index (χ0n) is 23.8. The number of nitrogens with one attached hydrogen (secondary N) is 2. The maximum Gasteiger partial charge on any atom is 0.313 e. The van der Waals surface area contributed by atoms with Crippen molar-refractivity contribution in [1.29, 1.82) is 0 Å². The van der Waals surface area contributed by atoms with E-state index < -0.39 is 17.6 Å². The lowest BCUT2D eigenvalue weighted by atomic mass is 9.98. The number of nitrogens with zero attached hydrogens (tertiary/aromatic N) is 2. The topological polar surface area (TPSA) is 92.8 Å². The average molecular weight is 551 g/mol. The smallest absolute Gasteiger partial charge is 0.313 e. The molecule has 0 radical (unpaired) electrons. The van der Waals surface area contributed by atoms with Crippen LogP contribution in [0.2, 0.25) is 0 Å². The second-order valence-electron chi connectivity index (χ2n) is 10.9. The van der Waals surface area contributed by atoms with Gasteiger partial charge in [-0.3, -0.25) is 14.6 Å². The highest BCUT2D eigenvalue weighted by molar-refractivity contribution is 6.39. The van der Waals surface area contributed by atoms with Crippen LogP contribution < -0.4 is 20.1 Å².